The van der Waals surface area contributed by atoms with Crippen molar-refractivity contribution in [3.8, 4) is 5.88 Å². The molecule has 27 heavy (non-hydrogen) atoms. The van der Waals surface area contributed by atoms with E-state index in [1.807, 2.05) is 7.05 Å². The molecule has 1 saturated heterocycles. The summed E-state index contributed by atoms with van der Waals surface area (Å²) in [5, 5.41) is 5.58. The van der Waals surface area contributed by atoms with Gasteiger partial charge in [-0.2, -0.15) is 4.98 Å². The maximum atomic E-state index is 5.26. The number of guanidine groups is 1. The van der Waals surface area contributed by atoms with Crippen molar-refractivity contribution in [3.05, 3.63) is 33.1 Å². The minimum atomic E-state index is 0. The van der Waals surface area contributed by atoms with Crippen LogP contribution >= 0.6 is 51.2 Å². The van der Waals surface area contributed by atoms with E-state index in [0.717, 1.165) is 49.6 Å². The summed E-state index contributed by atoms with van der Waals surface area (Å²) in [5.74, 6) is 2.21. The van der Waals surface area contributed by atoms with Crippen LogP contribution in [0.5, 0.6) is 5.88 Å². The van der Waals surface area contributed by atoms with E-state index in [1.165, 1.54) is 4.88 Å². The van der Waals surface area contributed by atoms with Crippen LogP contribution in [0.25, 0.3) is 0 Å². The van der Waals surface area contributed by atoms with Gasteiger partial charge >= 0.3 is 0 Å². The monoisotopic (exact) mass is 566 g/mol. The Balaban J connectivity index is 0.00000261. The molecule has 148 valence electrons. The average molecular weight is 567 g/mol. The van der Waals surface area contributed by atoms with Crippen LogP contribution in [-0.2, 0) is 6.42 Å². The zero-order valence-electron chi connectivity index (χ0n) is 15.4. The second-order valence-corrected chi connectivity index (χ2v) is 7.69. The van der Waals surface area contributed by atoms with E-state index >= 15 is 0 Å². The average Bonchev–Trinajstić information content (AvgIpc) is 3.19. The van der Waals surface area contributed by atoms with Gasteiger partial charge in [0.25, 0.3) is 0 Å². The topological polar surface area (TPSA) is 65.9 Å². The van der Waals surface area contributed by atoms with Crippen molar-refractivity contribution in [2.24, 2.45) is 4.99 Å². The number of nitrogens with zero attached hydrogens (tertiary/aromatic N) is 5. The zero-order valence-corrected chi connectivity index (χ0v) is 20.1. The third kappa shape index (κ3) is 5.92. The minimum Gasteiger partial charge on any atom is -0.480 e. The van der Waals surface area contributed by atoms with Crippen molar-refractivity contribution in [2.75, 3.05) is 51.8 Å². The van der Waals surface area contributed by atoms with Crippen molar-refractivity contribution in [1.29, 1.82) is 0 Å². The fourth-order valence-electron chi connectivity index (χ4n) is 2.84. The predicted molar refractivity (Wildman–Crippen MR) is 125 cm³/mol. The lowest BCUT2D eigenvalue weighted by molar-refractivity contribution is 0.366. The van der Waals surface area contributed by atoms with Gasteiger partial charge < -0.3 is 19.9 Å². The van der Waals surface area contributed by atoms with E-state index in [2.05, 4.69) is 63.5 Å². The number of piperazine rings is 1. The lowest BCUT2D eigenvalue weighted by Gasteiger charge is -2.36. The van der Waals surface area contributed by atoms with Gasteiger partial charge in [0.05, 0.1) is 17.8 Å². The first kappa shape index (κ1) is 22.2. The molecule has 0 amide bonds. The number of methoxy groups -OCH3 is 1. The fourth-order valence-corrected chi connectivity index (χ4v) is 3.90. The van der Waals surface area contributed by atoms with Gasteiger partial charge in [-0.25, -0.2) is 4.98 Å². The Hall–Kier alpha value is -1.14. The van der Waals surface area contributed by atoms with Crippen LogP contribution in [0.3, 0.4) is 0 Å². The number of aromatic nitrogens is 2. The summed E-state index contributed by atoms with van der Waals surface area (Å²) in [5.41, 5.74) is 0. The maximum absolute atomic E-state index is 5.26. The van der Waals surface area contributed by atoms with E-state index in [4.69, 9.17) is 4.74 Å². The number of ether oxygens (including phenoxy) is 1. The van der Waals surface area contributed by atoms with Crippen LogP contribution in [-0.4, -0.2) is 67.7 Å². The lowest BCUT2D eigenvalue weighted by Crippen LogP contribution is -2.53. The summed E-state index contributed by atoms with van der Waals surface area (Å²) in [6.45, 7) is 4.33. The Kier molecular flexibility index (Phi) is 9.03. The first-order chi connectivity index (χ1) is 12.7. The quantitative estimate of drug-likeness (QED) is 0.341. The molecule has 0 spiro atoms. The SMILES string of the molecule is CN=C(NCCc1cccs1)N1CCN(c2ncc(Br)c(OC)n2)CC1.I. The van der Waals surface area contributed by atoms with Crippen molar-refractivity contribution < 1.29 is 4.74 Å². The first-order valence-electron chi connectivity index (χ1n) is 8.50. The number of hydrogen-bond donors (Lipinski definition) is 1. The van der Waals surface area contributed by atoms with Crippen molar-refractivity contribution in [3.63, 3.8) is 0 Å². The van der Waals surface area contributed by atoms with E-state index in [0.29, 0.717) is 11.8 Å². The van der Waals surface area contributed by atoms with Gasteiger partial charge in [-0.15, -0.1) is 35.3 Å². The molecule has 10 heteroatoms. The molecule has 0 atom stereocenters. The number of nitrogens with one attached hydrogen (secondary N) is 1. The molecule has 2 aromatic heterocycles. The molecule has 1 N–H and O–H groups in total. The highest BCUT2D eigenvalue weighted by atomic mass is 127. The highest BCUT2D eigenvalue weighted by molar-refractivity contribution is 14.0. The van der Waals surface area contributed by atoms with Crippen LogP contribution in [0, 0.1) is 0 Å². The third-order valence-corrected chi connectivity index (χ3v) is 5.68. The molecule has 1 aliphatic rings. The maximum Gasteiger partial charge on any atom is 0.232 e. The number of halogens is 2. The van der Waals surface area contributed by atoms with Crippen molar-refractivity contribution in [2.45, 2.75) is 6.42 Å². The normalized spacial score (nSPS) is 14.7. The Morgan fingerprint density at radius 2 is 2.15 bits per heavy atom. The smallest absolute Gasteiger partial charge is 0.232 e. The molecule has 7 nitrogen and oxygen atoms in total. The summed E-state index contributed by atoms with van der Waals surface area (Å²) in [6.07, 6.45) is 2.75. The molecule has 2 aromatic rings. The summed E-state index contributed by atoms with van der Waals surface area (Å²) < 4.78 is 6.03. The third-order valence-electron chi connectivity index (χ3n) is 4.20. The van der Waals surface area contributed by atoms with E-state index in [1.54, 1.807) is 24.6 Å². The minimum absolute atomic E-state index is 0. The summed E-state index contributed by atoms with van der Waals surface area (Å²) >= 11 is 5.18. The molecular weight excluding hydrogens is 543 g/mol. The Bertz CT molecular complexity index is 737. The second-order valence-electron chi connectivity index (χ2n) is 5.80. The Labute approximate surface area is 189 Å². The summed E-state index contributed by atoms with van der Waals surface area (Å²) in [6, 6.07) is 4.26. The molecule has 0 aliphatic carbocycles. The second kappa shape index (κ2) is 11.0. The van der Waals surface area contributed by atoms with Gasteiger partial charge in [0, 0.05) is 44.6 Å². The molecule has 0 aromatic carbocycles. The van der Waals surface area contributed by atoms with Gasteiger partial charge in [0.2, 0.25) is 11.8 Å². The van der Waals surface area contributed by atoms with Crippen molar-refractivity contribution >= 4 is 63.2 Å². The summed E-state index contributed by atoms with van der Waals surface area (Å²) in [4.78, 5) is 19.1. The largest absolute Gasteiger partial charge is 0.480 e. The van der Waals surface area contributed by atoms with Crippen LogP contribution < -0.4 is 15.0 Å². The van der Waals surface area contributed by atoms with E-state index in [-0.39, 0.29) is 24.0 Å². The molecule has 0 saturated carbocycles. The number of anilines is 1. The van der Waals surface area contributed by atoms with Gasteiger partial charge in [-0.1, -0.05) is 6.07 Å². The van der Waals surface area contributed by atoms with E-state index in [9.17, 15) is 0 Å². The molecule has 0 radical (unpaired) electrons. The molecule has 3 heterocycles. The van der Waals surface area contributed by atoms with Gasteiger partial charge in [0.15, 0.2) is 5.96 Å². The zero-order chi connectivity index (χ0) is 18.4. The molecule has 3 rings (SSSR count). The highest BCUT2D eigenvalue weighted by Gasteiger charge is 2.22. The van der Waals surface area contributed by atoms with Crippen LogP contribution in [0.1, 0.15) is 4.88 Å². The highest BCUT2D eigenvalue weighted by Crippen LogP contribution is 2.23. The van der Waals surface area contributed by atoms with Gasteiger partial charge in [-0.05, 0) is 33.8 Å². The number of rotatable bonds is 5. The Morgan fingerprint density at radius 1 is 1.37 bits per heavy atom. The standard InChI is InChI=1S/C17H23BrN6OS.HI/c1-19-16(20-6-5-13-4-3-11-26-13)23-7-9-24(10-8-23)17-21-12-14(18)15(22-17)25-2;/h3-4,11-12H,5-10H2,1-2H3,(H,19,20);1H. The predicted octanol–water partition coefficient (Wildman–Crippen LogP) is 2.87. The van der Waals surface area contributed by atoms with Crippen LogP contribution in [0.4, 0.5) is 5.95 Å². The van der Waals surface area contributed by atoms with Gasteiger partial charge in [0.1, 0.15) is 0 Å². The molecule has 0 bridgehead atoms. The fraction of sp³-hybridized carbons (Fsp3) is 0.471. The lowest BCUT2D eigenvalue weighted by atomic mass is 10.3. The van der Waals surface area contributed by atoms with Crippen LogP contribution in [0.2, 0.25) is 0 Å². The number of aliphatic imine (C=N–C) groups is 1. The number of thiophene rings is 1. The number of hydrogen-bond acceptors (Lipinski definition) is 6. The molecule has 1 aliphatic heterocycles. The summed E-state index contributed by atoms with van der Waals surface area (Å²) in [7, 11) is 3.45. The molecule has 0 unspecified atom stereocenters. The van der Waals surface area contributed by atoms with Crippen molar-refractivity contribution in [1.82, 2.24) is 20.2 Å². The molecular formula is C17H24BrIN6OS. The van der Waals surface area contributed by atoms with E-state index < -0.39 is 0 Å². The first-order valence-corrected chi connectivity index (χ1v) is 10.2. The Morgan fingerprint density at radius 3 is 2.78 bits per heavy atom. The molecule has 1 fully saturated rings. The van der Waals surface area contributed by atoms with Gasteiger partial charge in [-0.3, -0.25) is 4.99 Å². The van der Waals surface area contributed by atoms with Crippen LogP contribution in [0.15, 0.2) is 33.2 Å².